The van der Waals surface area contributed by atoms with E-state index < -0.39 is 5.97 Å². The maximum absolute atomic E-state index is 11.0. The molecule has 0 aromatic heterocycles. The van der Waals surface area contributed by atoms with E-state index in [2.05, 4.69) is 24.1 Å². The van der Waals surface area contributed by atoms with Crippen molar-refractivity contribution >= 4 is 5.97 Å². The van der Waals surface area contributed by atoms with E-state index in [1.165, 1.54) is 13.0 Å². The second-order valence-corrected chi connectivity index (χ2v) is 6.14. The van der Waals surface area contributed by atoms with Crippen molar-refractivity contribution in [3.05, 3.63) is 0 Å². The number of hydrogen-bond donors (Lipinski definition) is 2. The van der Waals surface area contributed by atoms with Crippen molar-refractivity contribution in [1.29, 1.82) is 0 Å². The Hall–Kier alpha value is -0.610. The van der Waals surface area contributed by atoms with Gasteiger partial charge in [0.1, 0.15) is 0 Å². The number of nitrogens with one attached hydrogen (secondary N) is 1. The van der Waals surface area contributed by atoms with Gasteiger partial charge in [0.25, 0.3) is 0 Å². The molecule has 2 aliphatic rings. The van der Waals surface area contributed by atoms with E-state index >= 15 is 0 Å². The van der Waals surface area contributed by atoms with Crippen LogP contribution in [0.4, 0.5) is 0 Å². The van der Waals surface area contributed by atoms with Crippen molar-refractivity contribution in [3.8, 4) is 0 Å². The zero-order valence-electron chi connectivity index (χ0n) is 11.6. The Morgan fingerprint density at radius 3 is 2.67 bits per heavy atom. The number of hydrogen-bond acceptors (Lipinski definition) is 3. The first-order valence-electron chi connectivity index (χ1n) is 7.29. The van der Waals surface area contributed by atoms with Crippen LogP contribution in [0.5, 0.6) is 0 Å². The van der Waals surface area contributed by atoms with Crippen molar-refractivity contribution in [2.24, 2.45) is 5.92 Å². The molecular weight excluding hydrogens is 228 g/mol. The van der Waals surface area contributed by atoms with E-state index in [-0.39, 0.29) is 5.92 Å². The fourth-order valence-corrected chi connectivity index (χ4v) is 3.29. The highest BCUT2D eigenvalue weighted by atomic mass is 16.4. The smallest absolute Gasteiger partial charge is 0.306 e. The zero-order valence-corrected chi connectivity index (χ0v) is 11.6. The monoisotopic (exact) mass is 254 g/mol. The minimum absolute atomic E-state index is 0.126. The fraction of sp³-hybridized carbons (Fsp3) is 0.929. The minimum atomic E-state index is -0.614. The standard InChI is InChI=1S/C14H26N2O2/c1-10(2)16-7-6-13(9-16)15-12-5-3-4-11(8-12)14(17)18/h10-13,15H,3-9H2,1-2H3,(H,17,18). The SMILES string of the molecule is CC(C)N1CCC(NC2CCCC(C(=O)O)C2)C1. The Balaban J connectivity index is 1.78. The molecule has 0 amide bonds. The number of carboxylic acids is 1. The first kappa shape index (κ1) is 13.8. The van der Waals surface area contributed by atoms with E-state index in [9.17, 15) is 4.79 Å². The molecule has 3 atom stereocenters. The van der Waals surface area contributed by atoms with Gasteiger partial charge in [0.15, 0.2) is 0 Å². The van der Waals surface area contributed by atoms with Crippen molar-refractivity contribution in [3.63, 3.8) is 0 Å². The van der Waals surface area contributed by atoms with Crippen LogP contribution in [0.3, 0.4) is 0 Å². The number of carboxylic acid groups (broad SMARTS) is 1. The van der Waals surface area contributed by atoms with Gasteiger partial charge in [-0.25, -0.2) is 0 Å². The highest BCUT2D eigenvalue weighted by molar-refractivity contribution is 5.70. The molecule has 0 spiro atoms. The molecule has 3 unspecified atom stereocenters. The van der Waals surface area contributed by atoms with Crippen LogP contribution in [0.1, 0.15) is 46.0 Å². The van der Waals surface area contributed by atoms with Crippen LogP contribution in [0.2, 0.25) is 0 Å². The molecule has 1 aliphatic carbocycles. The lowest BCUT2D eigenvalue weighted by Crippen LogP contribution is -2.44. The van der Waals surface area contributed by atoms with Gasteiger partial charge in [-0.1, -0.05) is 6.42 Å². The summed E-state index contributed by atoms with van der Waals surface area (Å²) in [5.74, 6) is -0.740. The molecular formula is C14H26N2O2. The molecule has 1 saturated heterocycles. The van der Waals surface area contributed by atoms with Crippen LogP contribution in [0, 0.1) is 5.92 Å². The molecule has 1 aliphatic heterocycles. The summed E-state index contributed by atoms with van der Waals surface area (Å²) in [4.78, 5) is 13.5. The molecule has 1 saturated carbocycles. The second kappa shape index (κ2) is 6.02. The number of carbonyl (C=O) groups is 1. The molecule has 2 N–H and O–H groups in total. The van der Waals surface area contributed by atoms with Crippen molar-refractivity contribution in [2.45, 2.75) is 64.1 Å². The maximum atomic E-state index is 11.0. The van der Waals surface area contributed by atoms with Gasteiger partial charge in [-0.2, -0.15) is 0 Å². The number of likely N-dealkylation sites (tertiary alicyclic amines) is 1. The predicted molar refractivity (Wildman–Crippen MR) is 71.6 cm³/mol. The van der Waals surface area contributed by atoms with Crippen LogP contribution in [-0.2, 0) is 4.79 Å². The number of rotatable bonds is 4. The first-order valence-corrected chi connectivity index (χ1v) is 7.29. The van der Waals surface area contributed by atoms with Gasteiger partial charge in [0.05, 0.1) is 5.92 Å². The van der Waals surface area contributed by atoms with Gasteiger partial charge in [-0.05, 0) is 46.1 Å². The Bertz CT molecular complexity index is 294. The van der Waals surface area contributed by atoms with E-state index in [0.717, 1.165) is 32.2 Å². The van der Waals surface area contributed by atoms with Crippen molar-refractivity contribution < 1.29 is 9.90 Å². The molecule has 2 rings (SSSR count). The summed E-state index contributed by atoms with van der Waals surface area (Å²) < 4.78 is 0. The first-order chi connectivity index (χ1) is 8.56. The highest BCUT2D eigenvalue weighted by Gasteiger charge is 2.30. The molecule has 18 heavy (non-hydrogen) atoms. The lowest BCUT2D eigenvalue weighted by molar-refractivity contribution is -0.143. The molecule has 1 heterocycles. The van der Waals surface area contributed by atoms with Crippen molar-refractivity contribution in [2.75, 3.05) is 13.1 Å². The van der Waals surface area contributed by atoms with Gasteiger partial charge in [-0.15, -0.1) is 0 Å². The van der Waals surface area contributed by atoms with E-state index in [0.29, 0.717) is 18.1 Å². The molecule has 0 bridgehead atoms. The lowest BCUT2D eigenvalue weighted by Gasteiger charge is -2.30. The molecule has 104 valence electrons. The average molecular weight is 254 g/mol. The quantitative estimate of drug-likeness (QED) is 0.802. The van der Waals surface area contributed by atoms with E-state index in [4.69, 9.17) is 5.11 Å². The molecule has 0 aromatic rings. The fourth-order valence-electron chi connectivity index (χ4n) is 3.29. The maximum Gasteiger partial charge on any atom is 0.306 e. The predicted octanol–water partition coefficient (Wildman–Crippen LogP) is 1.70. The lowest BCUT2D eigenvalue weighted by atomic mass is 9.85. The van der Waals surface area contributed by atoms with Gasteiger partial charge in [-0.3, -0.25) is 9.69 Å². The third-order valence-electron chi connectivity index (χ3n) is 4.44. The summed E-state index contributed by atoms with van der Waals surface area (Å²) in [5, 5.41) is 12.8. The Morgan fingerprint density at radius 2 is 2.06 bits per heavy atom. The topological polar surface area (TPSA) is 52.6 Å². The molecule has 0 radical (unpaired) electrons. The zero-order chi connectivity index (χ0) is 13.1. The van der Waals surface area contributed by atoms with Crippen LogP contribution in [0.15, 0.2) is 0 Å². The summed E-state index contributed by atoms with van der Waals surface area (Å²) >= 11 is 0. The highest BCUT2D eigenvalue weighted by Crippen LogP contribution is 2.25. The summed E-state index contributed by atoms with van der Waals surface area (Å²) in [6, 6.07) is 1.59. The summed E-state index contributed by atoms with van der Waals surface area (Å²) in [6.07, 6.45) is 5.06. The van der Waals surface area contributed by atoms with Crippen molar-refractivity contribution in [1.82, 2.24) is 10.2 Å². The van der Waals surface area contributed by atoms with Crippen LogP contribution >= 0.6 is 0 Å². The van der Waals surface area contributed by atoms with E-state index in [1.807, 2.05) is 0 Å². The normalized spacial score (nSPS) is 34.1. The third kappa shape index (κ3) is 3.45. The Kier molecular flexibility index (Phi) is 4.62. The molecule has 0 aromatic carbocycles. The number of aliphatic carboxylic acids is 1. The number of nitrogens with zero attached hydrogens (tertiary/aromatic N) is 1. The molecule has 4 nitrogen and oxygen atoms in total. The van der Waals surface area contributed by atoms with Crippen LogP contribution in [-0.4, -0.2) is 47.2 Å². The van der Waals surface area contributed by atoms with Gasteiger partial charge < -0.3 is 10.4 Å². The third-order valence-corrected chi connectivity index (χ3v) is 4.44. The van der Waals surface area contributed by atoms with Crippen LogP contribution in [0.25, 0.3) is 0 Å². The van der Waals surface area contributed by atoms with Gasteiger partial charge in [0, 0.05) is 24.7 Å². The Morgan fingerprint density at radius 1 is 1.28 bits per heavy atom. The largest absolute Gasteiger partial charge is 0.481 e. The van der Waals surface area contributed by atoms with Gasteiger partial charge >= 0.3 is 5.97 Å². The molecule has 2 fully saturated rings. The van der Waals surface area contributed by atoms with E-state index in [1.54, 1.807) is 0 Å². The summed E-state index contributed by atoms with van der Waals surface area (Å²) in [5.41, 5.74) is 0. The van der Waals surface area contributed by atoms with Gasteiger partial charge in [0.2, 0.25) is 0 Å². The molecule has 4 heteroatoms. The Labute approximate surface area is 110 Å². The minimum Gasteiger partial charge on any atom is -0.481 e. The summed E-state index contributed by atoms with van der Waals surface area (Å²) in [7, 11) is 0. The van der Waals surface area contributed by atoms with Crippen LogP contribution < -0.4 is 5.32 Å². The second-order valence-electron chi connectivity index (χ2n) is 6.14. The average Bonchev–Trinajstić information content (AvgIpc) is 2.78. The summed E-state index contributed by atoms with van der Waals surface area (Å²) in [6.45, 7) is 6.77.